The van der Waals surface area contributed by atoms with Crippen LogP contribution in [0.4, 0.5) is 18.0 Å². The lowest BCUT2D eigenvalue weighted by molar-refractivity contribution is -0.137. The molecule has 144 valence electrons. The number of hydrogen-bond acceptors (Lipinski definition) is 3. The molecule has 0 bridgehead atoms. The lowest BCUT2D eigenvalue weighted by Gasteiger charge is -2.13. The van der Waals surface area contributed by atoms with Gasteiger partial charge in [-0.15, -0.1) is 0 Å². The van der Waals surface area contributed by atoms with Gasteiger partial charge in [-0.2, -0.15) is 13.2 Å². The van der Waals surface area contributed by atoms with Crippen LogP contribution in [0.25, 0.3) is 11.1 Å². The first kappa shape index (κ1) is 20.3. The Morgan fingerprint density at radius 1 is 1.00 bits per heavy atom. The second-order valence-corrected chi connectivity index (χ2v) is 5.72. The summed E-state index contributed by atoms with van der Waals surface area (Å²) in [6, 6.07) is 13.4. The molecule has 27 heavy (non-hydrogen) atoms. The molecule has 2 rings (SSSR count). The van der Waals surface area contributed by atoms with Gasteiger partial charge in [0, 0.05) is 13.0 Å². The number of carboxylic acids is 1. The average Bonchev–Trinajstić information content (AvgIpc) is 2.63. The number of rotatable bonds is 7. The Morgan fingerprint density at radius 3 is 2.30 bits per heavy atom. The van der Waals surface area contributed by atoms with Gasteiger partial charge < -0.3 is 15.2 Å². The Kier molecular flexibility index (Phi) is 6.81. The molecule has 0 spiro atoms. The predicted molar refractivity (Wildman–Crippen MR) is 92.3 cm³/mol. The molecular weight excluding hydrogens is 363 g/mol. The summed E-state index contributed by atoms with van der Waals surface area (Å²) in [4.78, 5) is 23.1. The van der Waals surface area contributed by atoms with E-state index in [0.717, 1.165) is 0 Å². The number of ether oxygens (including phenoxy) is 1. The summed E-state index contributed by atoms with van der Waals surface area (Å²) in [5.41, 5.74) is 1.91. The van der Waals surface area contributed by atoms with Crippen molar-refractivity contribution in [2.24, 2.45) is 0 Å². The first-order valence-corrected chi connectivity index (χ1v) is 8.16. The molecule has 0 aliphatic rings. The summed E-state index contributed by atoms with van der Waals surface area (Å²) >= 11 is 0. The highest BCUT2D eigenvalue weighted by Crippen LogP contribution is 2.27. The first-order valence-electron chi connectivity index (χ1n) is 8.16. The van der Waals surface area contributed by atoms with E-state index in [-0.39, 0.29) is 25.1 Å². The van der Waals surface area contributed by atoms with Gasteiger partial charge in [-0.3, -0.25) is 0 Å². The van der Waals surface area contributed by atoms with Crippen LogP contribution in [0.3, 0.4) is 0 Å². The zero-order valence-electron chi connectivity index (χ0n) is 14.3. The third-order valence-electron chi connectivity index (χ3n) is 3.73. The fourth-order valence-electron chi connectivity index (χ4n) is 2.50. The van der Waals surface area contributed by atoms with Crippen LogP contribution in [0.5, 0.6) is 0 Å². The minimum Gasteiger partial charge on any atom is -0.478 e. The van der Waals surface area contributed by atoms with E-state index in [1.54, 1.807) is 42.5 Å². The van der Waals surface area contributed by atoms with Crippen LogP contribution < -0.4 is 5.32 Å². The number of alkyl carbamates (subject to hydrolysis) is 1. The molecule has 0 saturated carbocycles. The molecule has 0 saturated heterocycles. The van der Waals surface area contributed by atoms with Crippen molar-refractivity contribution in [1.29, 1.82) is 0 Å². The van der Waals surface area contributed by atoms with Crippen LogP contribution in [0.1, 0.15) is 28.8 Å². The molecule has 8 heteroatoms. The van der Waals surface area contributed by atoms with E-state index in [1.165, 1.54) is 6.07 Å². The summed E-state index contributed by atoms with van der Waals surface area (Å²) in [5, 5.41) is 11.8. The molecule has 2 N–H and O–H groups in total. The molecule has 0 fully saturated rings. The van der Waals surface area contributed by atoms with E-state index < -0.39 is 24.7 Å². The van der Waals surface area contributed by atoms with Crippen LogP contribution in [-0.2, 0) is 11.3 Å². The minimum atomic E-state index is -4.28. The number of alkyl halides is 3. The van der Waals surface area contributed by atoms with Gasteiger partial charge in [-0.05, 0) is 29.2 Å². The summed E-state index contributed by atoms with van der Waals surface area (Å²) in [7, 11) is 0. The second kappa shape index (κ2) is 9.07. The summed E-state index contributed by atoms with van der Waals surface area (Å²) in [6.07, 6.45) is -6.44. The smallest absolute Gasteiger partial charge is 0.407 e. The van der Waals surface area contributed by atoms with Gasteiger partial charge in [-0.25, -0.2) is 9.59 Å². The van der Waals surface area contributed by atoms with E-state index >= 15 is 0 Å². The topological polar surface area (TPSA) is 75.6 Å². The molecular formula is C19H18F3NO4. The number of halogens is 3. The molecule has 0 aliphatic heterocycles. The SMILES string of the molecule is O=C(NCc1ccccc1-c1ccccc1C(=O)O)OCCCC(F)(F)F. The lowest BCUT2D eigenvalue weighted by atomic mass is 9.95. The molecule has 5 nitrogen and oxygen atoms in total. The Hall–Kier alpha value is -3.03. The fourth-order valence-corrected chi connectivity index (χ4v) is 2.50. The number of amides is 1. The predicted octanol–water partition coefficient (Wildman–Crippen LogP) is 4.62. The van der Waals surface area contributed by atoms with Crippen LogP contribution in [0.2, 0.25) is 0 Å². The number of aromatic carboxylic acids is 1. The molecule has 0 unspecified atom stereocenters. The van der Waals surface area contributed by atoms with Crippen LogP contribution in [-0.4, -0.2) is 30.0 Å². The van der Waals surface area contributed by atoms with Gasteiger partial charge in [0.25, 0.3) is 0 Å². The van der Waals surface area contributed by atoms with E-state index in [9.17, 15) is 27.9 Å². The van der Waals surface area contributed by atoms with Gasteiger partial charge in [-0.1, -0.05) is 42.5 Å². The summed E-state index contributed by atoms with van der Waals surface area (Å²) in [6.45, 7) is -0.295. The monoisotopic (exact) mass is 381 g/mol. The Balaban J connectivity index is 2.01. The minimum absolute atomic E-state index is 0.0439. The van der Waals surface area contributed by atoms with Gasteiger partial charge >= 0.3 is 18.2 Å². The van der Waals surface area contributed by atoms with E-state index in [2.05, 4.69) is 5.32 Å². The summed E-state index contributed by atoms with van der Waals surface area (Å²) < 4.78 is 40.9. The van der Waals surface area contributed by atoms with Crippen LogP contribution in [0.15, 0.2) is 48.5 Å². The van der Waals surface area contributed by atoms with Gasteiger partial charge in [0.2, 0.25) is 0 Å². The van der Waals surface area contributed by atoms with Crippen molar-refractivity contribution in [3.05, 3.63) is 59.7 Å². The van der Waals surface area contributed by atoms with E-state index in [0.29, 0.717) is 16.7 Å². The Labute approximate surface area is 153 Å². The molecule has 1 amide bonds. The highest BCUT2D eigenvalue weighted by atomic mass is 19.4. The molecule has 2 aromatic rings. The van der Waals surface area contributed by atoms with Crippen molar-refractivity contribution in [2.45, 2.75) is 25.6 Å². The van der Waals surface area contributed by atoms with Crippen molar-refractivity contribution in [3.8, 4) is 11.1 Å². The number of carboxylic acid groups (broad SMARTS) is 1. The Morgan fingerprint density at radius 2 is 1.63 bits per heavy atom. The first-order chi connectivity index (χ1) is 12.8. The third-order valence-corrected chi connectivity index (χ3v) is 3.73. The highest BCUT2D eigenvalue weighted by Gasteiger charge is 2.26. The number of nitrogens with one attached hydrogen (secondary N) is 1. The van der Waals surface area contributed by atoms with Crippen LogP contribution >= 0.6 is 0 Å². The standard InChI is InChI=1S/C19H18F3NO4/c20-19(21,22)10-5-11-27-18(26)23-12-13-6-1-2-7-14(13)15-8-3-4-9-16(15)17(24)25/h1-4,6-9H,5,10-12H2,(H,23,26)(H,24,25). The van der Waals surface area contributed by atoms with Crippen molar-refractivity contribution < 1.29 is 32.6 Å². The summed E-state index contributed by atoms with van der Waals surface area (Å²) in [5.74, 6) is -1.07. The number of benzene rings is 2. The van der Waals surface area contributed by atoms with Crippen molar-refractivity contribution in [2.75, 3.05) is 6.61 Å². The van der Waals surface area contributed by atoms with Crippen LogP contribution in [0, 0.1) is 0 Å². The normalized spacial score (nSPS) is 11.1. The molecule has 0 atom stereocenters. The molecule has 0 radical (unpaired) electrons. The maximum atomic E-state index is 12.0. The maximum Gasteiger partial charge on any atom is 0.407 e. The number of carbonyl (C=O) groups is 2. The van der Waals surface area contributed by atoms with E-state index in [4.69, 9.17) is 4.74 Å². The maximum absolute atomic E-state index is 12.0. The van der Waals surface area contributed by atoms with Gasteiger partial charge in [0.05, 0.1) is 12.2 Å². The number of carbonyl (C=O) groups excluding carboxylic acids is 1. The van der Waals surface area contributed by atoms with E-state index in [1.807, 2.05) is 0 Å². The van der Waals surface area contributed by atoms with Crippen molar-refractivity contribution >= 4 is 12.1 Å². The zero-order chi connectivity index (χ0) is 19.9. The van der Waals surface area contributed by atoms with Gasteiger partial charge in [0.1, 0.15) is 0 Å². The molecule has 0 aromatic heterocycles. The average molecular weight is 381 g/mol. The highest BCUT2D eigenvalue weighted by molar-refractivity contribution is 5.96. The second-order valence-electron chi connectivity index (χ2n) is 5.72. The third kappa shape index (κ3) is 6.32. The molecule has 0 heterocycles. The molecule has 2 aromatic carbocycles. The lowest BCUT2D eigenvalue weighted by Crippen LogP contribution is -2.25. The van der Waals surface area contributed by atoms with Crippen molar-refractivity contribution in [1.82, 2.24) is 5.32 Å². The number of hydrogen-bond donors (Lipinski definition) is 2. The molecule has 0 aliphatic carbocycles. The quantitative estimate of drug-likeness (QED) is 0.686. The van der Waals surface area contributed by atoms with Crippen molar-refractivity contribution in [3.63, 3.8) is 0 Å². The zero-order valence-corrected chi connectivity index (χ0v) is 14.3. The fraction of sp³-hybridized carbons (Fsp3) is 0.263. The van der Waals surface area contributed by atoms with Gasteiger partial charge in [0.15, 0.2) is 0 Å². The largest absolute Gasteiger partial charge is 0.478 e. The Bertz CT molecular complexity index is 806.